The van der Waals surface area contributed by atoms with Gasteiger partial charge in [-0.25, -0.2) is 0 Å². The molecule has 0 aromatic rings. The van der Waals surface area contributed by atoms with Crippen LogP contribution in [0.25, 0.3) is 0 Å². The van der Waals surface area contributed by atoms with Crippen molar-refractivity contribution in [2.24, 2.45) is 11.8 Å². The van der Waals surface area contributed by atoms with Gasteiger partial charge in [0.25, 0.3) is 0 Å². The summed E-state index contributed by atoms with van der Waals surface area (Å²) in [6.07, 6.45) is 5.04. The lowest BCUT2D eigenvalue weighted by molar-refractivity contribution is -0.117. The number of hydrogen-bond acceptors (Lipinski definition) is 3. The lowest BCUT2D eigenvalue weighted by Gasteiger charge is -2.14. The number of carbonyl (C=O) groups is 1. The second kappa shape index (κ2) is 2.66. The predicted octanol–water partition coefficient (Wildman–Crippen LogP) is 0.109. The summed E-state index contributed by atoms with van der Waals surface area (Å²) < 4.78 is 0. The lowest BCUT2D eigenvalue weighted by Crippen LogP contribution is -2.29. The van der Waals surface area contributed by atoms with E-state index in [4.69, 9.17) is 5.84 Å². The number of hydrazine groups is 1. The van der Waals surface area contributed by atoms with Gasteiger partial charge in [0.2, 0.25) is 0 Å². The molecule has 0 aromatic heterocycles. The molecule has 1 unspecified atom stereocenters. The van der Waals surface area contributed by atoms with Crippen LogP contribution in [-0.2, 0) is 4.79 Å². The maximum absolute atomic E-state index is 10.9. The van der Waals surface area contributed by atoms with Gasteiger partial charge in [-0.05, 0) is 19.1 Å². The van der Waals surface area contributed by atoms with Crippen LogP contribution in [0.2, 0.25) is 0 Å². The molecular weight excluding hydrogens is 128 g/mol. The summed E-state index contributed by atoms with van der Waals surface area (Å²) in [6.45, 7) is 1.82. The minimum Gasteiger partial charge on any atom is -0.328 e. The van der Waals surface area contributed by atoms with E-state index in [9.17, 15) is 4.79 Å². The Morgan fingerprint density at radius 2 is 2.40 bits per heavy atom. The summed E-state index contributed by atoms with van der Waals surface area (Å²) in [5, 5.41) is 0. The fourth-order valence-electron chi connectivity index (χ4n) is 0.862. The molecule has 54 valence electrons. The first-order valence-corrected chi connectivity index (χ1v) is 3.14. The first kappa shape index (κ1) is 7.02. The van der Waals surface area contributed by atoms with Gasteiger partial charge in [0.05, 0.1) is 5.92 Å². The summed E-state index contributed by atoms with van der Waals surface area (Å²) in [4.78, 5) is 10.9. The molecule has 3 heteroatoms. The minimum atomic E-state index is -0.116. The summed E-state index contributed by atoms with van der Waals surface area (Å²) in [7, 11) is 0. The first-order valence-electron chi connectivity index (χ1n) is 3.14. The largest absolute Gasteiger partial charge is 0.328 e. The van der Waals surface area contributed by atoms with Gasteiger partial charge in [-0.1, -0.05) is 6.08 Å². The standard InChI is InChI=1S/C7H10N2O/c1-5-6(9-8)3-2-4-7(5)10/h2-5,9H,8H2,1H3. The van der Waals surface area contributed by atoms with Crippen LogP contribution in [0.15, 0.2) is 23.9 Å². The molecule has 1 rings (SSSR count). The Morgan fingerprint density at radius 1 is 1.70 bits per heavy atom. The van der Waals surface area contributed by atoms with E-state index in [0.717, 1.165) is 5.70 Å². The molecule has 3 nitrogen and oxygen atoms in total. The molecular formula is C7H10N2O. The third-order valence-electron chi connectivity index (χ3n) is 1.60. The van der Waals surface area contributed by atoms with Crippen molar-refractivity contribution in [1.82, 2.24) is 5.43 Å². The Morgan fingerprint density at radius 3 is 2.90 bits per heavy atom. The Bertz CT molecular complexity index is 206. The fraction of sp³-hybridized carbons (Fsp3) is 0.286. The molecule has 0 bridgehead atoms. The second-order valence-corrected chi connectivity index (χ2v) is 2.25. The zero-order valence-corrected chi connectivity index (χ0v) is 5.79. The van der Waals surface area contributed by atoms with Crippen molar-refractivity contribution < 1.29 is 4.79 Å². The molecule has 3 N–H and O–H groups in total. The van der Waals surface area contributed by atoms with Gasteiger partial charge >= 0.3 is 0 Å². The number of ketones is 1. The number of rotatable bonds is 1. The summed E-state index contributed by atoms with van der Waals surface area (Å²) >= 11 is 0. The molecule has 1 atom stereocenters. The van der Waals surface area contributed by atoms with Crippen molar-refractivity contribution in [1.29, 1.82) is 0 Å². The zero-order chi connectivity index (χ0) is 7.56. The molecule has 0 heterocycles. The van der Waals surface area contributed by atoms with Crippen LogP contribution in [-0.4, -0.2) is 5.78 Å². The molecule has 0 saturated heterocycles. The van der Waals surface area contributed by atoms with E-state index in [0.29, 0.717) is 0 Å². The van der Waals surface area contributed by atoms with E-state index in [1.165, 1.54) is 0 Å². The minimum absolute atomic E-state index is 0.0930. The Balaban J connectivity index is 2.81. The van der Waals surface area contributed by atoms with Crippen molar-refractivity contribution in [2.45, 2.75) is 6.92 Å². The van der Waals surface area contributed by atoms with Gasteiger partial charge in [0.15, 0.2) is 5.78 Å². The van der Waals surface area contributed by atoms with E-state index in [1.807, 2.05) is 6.92 Å². The smallest absolute Gasteiger partial charge is 0.164 e. The van der Waals surface area contributed by atoms with E-state index in [1.54, 1.807) is 18.2 Å². The van der Waals surface area contributed by atoms with Crippen LogP contribution in [0.4, 0.5) is 0 Å². The monoisotopic (exact) mass is 138 g/mol. The molecule has 0 aromatic carbocycles. The molecule has 0 radical (unpaired) electrons. The third-order valence-corrected chi connectivity index (χ3v) is 1.60. The molecule has 1 aliphatic rings. The Kier molecular flexibility index (Phi) is 1.87. The van der Waals surface area contributed by atoms with Crippen LogP contribution in [0.3, 0.4) is 0 Å². The molecule has 0 fully saturated rings. The van der Waals surface area contributed by atoms with Gasteiger partial charge in [-0.15, -0.1) is 0 Å². The number of allylic oxidation sites excluding steroid dienone is 4. The first-order chi connectivity index (χ1) is 4.75. The summed E-state index contributed by atoms with van der Waals surface area (Å²) in [5.74, 6) is 5.13. The maximum atomic E-state index is 10.9. The number of nitrogens with one attached hydrogen (secondary N) is 1. The third kappa shape index (κ3) is 1.09. The normalized spacial score (nSPS) is 24.4. The van der Waals surface area contributed by atoms with Crippen LogP contribution in [0.5, 0.6) is 0 Å². The molecule has 0 spiro atoms. The summed E-state index contributed by atoms with van der Waals surface area (Å²) in [5.41, 5.74) is 3.24. The quantitative estimate of drug-likeness (QED) is 0.399. The van der Waals surface area contributed by atoms with Gasteiger partial charge < -0.3 is 5.43 Å². The molecule has 0 aliphatic heterocycles. The molecule has 10 heavy (non-hydrogen) atoms. The molecule has 0 saturated carbocycles. The highest BCUT2D eigenvalue weighted by molar-refractivity contribution is 5.94. The topological polar surface area (TPSA) is 55.1 Å². The van der Waals surface area contributed by atoms with Crippen LogP contribution in [0, 0.1) is 5.92 Å². The molecule has 0 amide bonds. The lowest BCUT2D eigenvalue weighted by atomic mass is 9.98. The van der Waals surface area contributed by atoms with E-state index >= 15 is 0 Å². The number of carbonyl (C=O) groups excluding carboxylic acids is 1. The van der Waals surface area contributed by atoms with Crippen molar-refractivity contribution in [3.05, 3.63) is 23.9 Å². The van der Waals surface area contributed by atoms with Crippen LogP contribution in [0.1, 0.15) is 6.92 Å². The fourth-order valence-corrected chi connectivity index (χ4v) is 0.862. The predicted molar refractivity (Wildman–Crippen MR) is 38.7 cm³/mol. The van der Waals surface area contributed by atoms with E-state index in [-0.39, 0.29) is 11.7 Å². The SMILES string of the molecule is CC1C(=O)C=CC=C1NN. The Labute approximate surface area is 59.6 Å². The summed E-state index contributed by atoms with van der Waals surface area (Å²) in [6, 6.07) is 0. The van der Waals surface area contributed by atoms with Crippen molar-refractivity contribution in [2.75, 3.05) is 0 Å². The highest BCUT2D eigenvalue weighted by Crippen LogP contribution is 2.12. The maximum Gasteiger partial charge on any atom is 0.164 e. The van der Waals surface area contributed by atoms with Crippen LogP contribution >= 0.6 is 0 Å². The number of hydrogen-bond donors (Lipinski definition) is 2. The number of nitrogens with two attached hydrogens (primary N) is 1. The van der Waals surface area contributed by atoms with Gasteiger partial charge in [-0.2, -0.15) is 0 Å². The van der Waals surface area contributed by atoms with Crippen LogP contribution < -0.4 is 11.3 Å². The van der Waals surface area contributed by atoms with Gasteiger partial charge in [0, 0.05) is 5.70 Å². The van der Waals surface area contributed by atoms with Crippen molar-refractivity contribution in [3.8, 4) is 0 Å². The second-order valence-electron chi connectivity index (χ2n) is 2.25. The van der Waals surface area contributed by atoms with Crippen molar-refractivity contribution in [3.63, 3.8) is 0 Å². The molecule has 1 aliphatic carbocycles. The highest BCUT2D eigenvalue weighted by atomic mass is 16.1. The van der Waals surface area contributed by atoms with E-state index in [2.05, 4.69) is 5.43 Å². The Hall–Kier alpha value is -1.09. The highest BCUT2D eigenvalue weighted by Gasteiger charge is 2.16. The average Bonchev–Trinajstić information content (AvgIpc) is 1.95. The van der Waals surface area contributed by atoms with Gasteiger partial charge in [0.1, 0.15) is 0 Å². The van der Waals surface area contributed by atoms with Crippen molar-refractivity contribution >= 4 is 5.78 Å². The van der Waals surface area contributed by atoms with Gasteiger partial charge in [-0.3, -0.25) is 10.6 Å². The average molecular weight is 138 g/mol. The zero-order valence-electron chi connectivity index (χ0n) is 5.79. The van der Waals surface area contributed by atoms with E-state index < -0.39 is 0 Å².